The van der Waals surface area contributed by atoms with E-state index in [0.717, 1.165) is 18.8 Å². The highest BCUT2D eigenvalue weighted by Gasteiger charge is 2.17. The number of benzene rings is 1. The number of hydrogen-bond acceptors (Lipinski definition) is 4. The highest BCUT2D eigenvalue weighted by Crippen LogP contribution is 2.15. The quantitative estimate of drug-likeness (QED) is 0.705. The minimum absolute atomic E-state index is 0. The number of nitrogens with one attached hydrogen (secondary N) is 2. The molecule has 0 bridgehead atoms. The Morgan fingerprint density at radius 2 is 1.50 bits per heavy atom. The van der Waals surface area contributed by atoms with E-state index in [1.807, 2.05) is 13.8 Å². The lowest BCUT2D eigenvalue weighted by Gasteiger charge is -2.19. The molecule has 1 heterocycles. The highest BCUT2D eigenvalue weighted by atomic mass is 35.5. The third-order valence-corrected chi connectivity index (χ3v) is 4.52. The highest BCUT2D eigenvalue weighted by molar-refractivity contribution is 5.96. The van der Waals surface area contributed by atoms with Crippen molar-refractivity contribution in [2.24, 2.45) is 11.7 Å². The van der Waals surface area contributed by atoms with Crippen LogP contribution >= 0.6 is 12.4 Å². The maximum Gasteiger partial charge on any atom is 0.241 e. The summed E-state index contributed by atoms with van der Waals surface area (Å²) in [7, 11) is 0. The van der Waals surface area contributed by atoms with Crippen LogP contribution < -0.4 is 16.4 Å². The molecule has 7 heteroatoms. The van der Waals surface area contributed by atoms with Crippen LogP contribution in [-0.4, -0.2) is 42.4 Å². The number of nitrogens with zero attached hydrogens (tertiary/aromatic N) is 1. The SMILES string of the molecule is CC(C)[C@H](N)C(=O)Nc1ccc(NC(=O)CN2CCCCCC2)cc1.Cl. The second kappa shape index (κ2) is 11.2. The first-order valence-corrected chi connectivity index (χ1v) is 9.14. The van der Waals surface area contributed by atoms with E-state index in [-0.39, 0.29) is 30.1 Å². The first kappa shape index (κ1) is 22.4. The Morgan fingerprint density at radius 1 is 1.00 bits per heavy atom. The third-order valence-electron chi connectivity index (χ3n) is 4.52. The van der Waals surface area contributed by atoms with Crippen molar-refractivity contribution in [3.8, 4) is 0 Å². The summed E-state index contributed by atoms with van der Waals surface area (Å²) in [6.07, 6.45) is 4.85. The molecule has 0 radical (unpaired) electrons. The topological polar surface area (TPSA) is 87.5 Å². The molecule has 1 atom stereocenters. The fourth-order valence-corrected chi connectivity index (χ4v) is 2.86. The van der Waals surface area contributed by atoms with Crippen LogP contribution in [0.4, 0.5) is 11.4 Å². The van der Waals surface area contributed by atoms with E-state index in [2.05, 4.69) is 15.5 Å². The summed E-state index contributed by atoms with van der Waals surface area (Å²) in [6.45, 7) is 6.24. The van der Waals surface area contributed by atoms with Crippen LogP contribution in [0.5, 0.6) is 0 Å². The van der Waals surface area contributed by atoms with Crippen LogP contribution in [0.25, 0.3) is 0 Å². The Balaban J connectivity index is 0.00000338. The zero-order valence-corrected chi connectivity index (χ0v) is 16.5. The van der Waals surface area contributed by atoms with Gasteiger partial charge in [-0.3, -0.25) is 14.5 Å². The minimum atomic E-state index is -0.534. The summed E-state index contributed by atoms with van der Waals surface area (Å²) in [5.41, 5.74) is 7.23. The van der Waals surface area contributed by atoms with E-state index in [1.54, 1.807) is 24.3 Å². The standard InChI is InChI=1S/C19H30N4O2.ClH/c1-14(2)18(20)19(25)22-16-9-7-15(8-10-16)21-17(24)13-23-11-5-3-4-6-12-23;/h7-10,14,18H,3-6,11-13,20H2,1-2H3,(H,21,24)(H,22,25);1H/t18-;/m0./s1. The molecule has 146 valence electrons. The smallest absolute Gasteiger partial charge is 0.241 e. The van der Waals surface area contributed by atoms with E-state index in [1.165, 1.54) is 25.7 Å². The molecule has 26 heavy (non-hydrogen) atoms. The fourth-order valence-electron chi connectivity index (χ4n) is 2.86. The van der Waals surface area contributed by atoms with E-state index < -0.39 is 6.04 Å². The van der Waals surface area contributed by atoms with Crippen LogP contribution in [-0.2, 0) is 9.59 Å². The largest absolute Gasteiger partial charge is 0.325 e. The van der Waals surface area contributed by atoms with Crippen LogP contribution in [0.3, 0.4) is 0 Å². The molecule has 1 aliphatic rings. The lowest BCUT2D eigenvalue weighted by atomic mass is 10.0. The van der Waals surface area contributed by atoms with Gasteiger partial charge in [0.1, 0.15) is 0 Å². The molecule has 0 saturated carbocycles. The van der Waals surface area contributed by atoms with E-state index >= 15 is 0 Å². The lowest BCUT2D eigenvalue weighted by molar-refractivity contribution is -0.118. The number of amides is 2. The van der Waals surface area contributed by atoms with Gasteiger partial charge in [0.05, 0.1) is 12.6 Å². The summed E-state index contributed by atoms with van der Waals surface area (Å²) < 4.78 is 0. The van der Waals surface area contributed by atoms with Gasteiger partial charge in [-0.05, 0) is 56.1 Å². The summed E-state index contributed by atoms with van der Waals surface area (Å²) in [4.78, 5) is 26.3. The van der Waals surface area contributed by atoms with Gasteiger partial charge >= 0.3 is 0 Å². The molecule has 1 fully saturated rings. The van der Waals surface area contributed by atoms with Crippen LogP contribution in [0, 0.1) is 5.92 Å². The molecule has 1 aromatic carbocycles. The number of carbonyl (C=O) groups excluding carboxylic acids is 2. The molecular weight excluding hydrogens is 352 g/mol. The fraction of sp³-hybridized carbons (Fsp3) is 0.579. The molecule has 2 rings (SSSR count). The van der Waals surface area contributed by atoms with E-state index in [4.69, 9.17) is 5.73 Å². The average molecular weight is 383 g/mol. The predicted molar refractivity (Wildman–Crippen MR) is 109 cm³/mol. The predicted octanol–water partition coefficient (Wildman–Crippen LogP) is 2.84. The summed E-state index contributed by atoms with van der Waals surface area (Å²) in [5.74, 6) is -0.119. The Bertz CT molecular complexity index is 569. The van der Waals surface area contributed by atoms with Gasteiger partial charge in [-0.15, -0.1) is 12.4 Å². The van der Waals surface area contributed by atoms with Crippen molar-refractivity contribution in [2.45, 2.75) is 45.6 Å². The maximum atomic E-state index is 12.2. The zero-order valence-electron chi connectivity index (χ0n) is 15.7. The molecule has 0 spiro atoms. The van der Waals surface area contributed by atoms with Gasteiger partial charge in [0.25, 0.3) is 0 Å². The van der Waals surface area contributed by atoms with Gasteiger partial charge in [-0.25, -0.2) is 0 Å². The van der Waals surface area contributed by atoms with Crippen molar-refractivity contribution in [3.63, 3.8) is 0 Å². The number of hydrogen-bond donors (Lipinski definition) is 3. The maximum absolute atomic E-state index is 12.2. The number of nitrogens with two attached hydrogens (primary N) is 1. The zero-order chi connectivity index (χ0) is 18.2. The molecular formula is C19H31ClN4O2. The van der Waals surface area contributed by atoms with E-state index in [9.17, 15) is 9.59 Å². The van der Waals surface area contributed by atoms with Gasteiger partial charge in [0.2, 0.25) is 11.8 Å². The van der Waals surface area contributed by atoms with Crippen molar-refractivity contribution in [3.05, 3.63) is 24.3 Å². The molecule has 1 aromatic rings. The van der Waals surface area contributed by atoms with Crippen LogP contribution in [0.15, 0.2) is 24.3 Å². The Labute approximate surface area is 162 Å². The average Bonchev–Trinajstić information content (AvgIpc) is 2.84. The van der Waals surface area contributed by atoms with Crippen molar-refractivity contribution in [2.75, 3.05) is 30.3 Å². The minimum Gasteiger partial charge on any atom is -0.325 e. The molecule has 6 nitrogen and oxygen atoms in total. The number of rotatable bonds is 6. The second-order valence-electron chi connectivity index (χ2n) is 7.07. The Morgan fingerprint density at radius 3 is 2.00 bits per heavy atom. The second-order valence-corrected chi connectivity index (χ2v) is 7.07. The molecule has 2 amide bonds. The van der Waals surface area contributed by atoms with Crippen LogP contribution in [0.2, 0.25) is 0 Å². The number of carbonyl (C=O) groups is 2. The summed E-state index contributed by atoms with van der Waals surface area (Å²) in [6, 6.07) is 6.58. The summed E-state index contributed by atoms with van der Waals surface area (Å²) >= 11 is 0. The number of anilines is 2. The Kier molecular flexibility index (Phi) is 9.62. The number of halogens is 1. The monoisotopic (exact) mass is 382 g/mol. The van der Waals surface area contributed by atoms with Gasteiger partial charge in [0.15, 0.2) is 0 Å². The molecule has 4 N–H and O–H groups in total. The van der Waals surface area contributed by atoms with Crippen LogP contribution in [0.1, 0.15) is 39.5 Å². The first-order valence-electron chi connectivity index (χ1n) is 9.14. The first-order chi connectivity index (χ1) is 12.0. The van der Waals surface area contributed by atoms with Crippen molar-refractivity contribution in [1.29, 1.82) is 0 Å². The normalized spacial score (nSPS) is 16.3. The lowest BCUT2D eigenvalue weighted by Crippen LogP contribution is -2.39. The van der Waals surface area contributed by atoms with Crippen molar-refractivity contribution in [1.82, 2.24) is 4.90 Å². The molecule has 1 aliphatic heterocycles. The molecule has 0 unspecified atom stereocenters. The van der Waals surface area contributed by atoms with Gasteiger partial charge in [0, 0.05) is 11.4 Å². The molecule has 1 saturated heterocycles. The van der Waals surface area contributed by atoms with Crippen molar-refractivity contribution < 1.29 is 9.59 Å². The summed E-state index contributed by atoms with van der Waals surface area (Å²) in [5, 5.41) is 5.70. The Hall–Kier alpha value is -1.63. The molecule has 0 aromatic heterocycles. The van der Waals surface area contributed by atoms with E-state index in [0.29, 0.717) is 12.2 Å². The van der Waals surface area contributed by atoms with Gasteiger partial charge in [-0.2, -0.15) is 0 Å². The third kappa shape index (κ3) is 7.32. The number of likely N-dealkylation sites (tertiary alicyclic amines) is 1. The van der Waals surface area contributed by atoms with Gasteiger partial charge < -0.3 is 16.4 Å². The van der Waals surface area contributed by atoms with Gasteiger partial charge in [-0.1, -0.05) is 26.7 Å². The van der Waals surface area contributed by atoms with Crippen molar-refractivity contribution >= 4 is 35.6 Å². The molecule has 0 aliphatic carbocycles.